The van der Waals surface area contributed by atoms with Gasteiger partial charge in [0.25, 0.3) is 0 Å². The summed E-state index contributed by atoms with van der Waals surface area (Å²) in [6.07, 6.45) is 0. The Bertz CT molecular complexity index is 1250. The number of ether oxygens (including phenoxy) is 2. The number of methoxy groups -OCH3 is 1. The van der Waals surface area contributed by atoms with Crippen molar-refractivity contribution in [3.63, 3.8) is 0 Å². The lowest BCUT2D eigenvalue weighted by molar-refractivity contribution is 0.0330. The Balaban J connectivity index is 1.55. The zero-order valence-electron chi connectivity index (χ0n) is 18.1. The Morgan fingerprint density at radius 2 is 1.97 bits per heavy atom. The van der Waals surface area contributed by atoms with Gasteiger partial charge in [0.1, 0.15) is 27.1 Å². The summed E-state index contributed by atoms with van der Waals surface area (Å²) in [6, 6.07) is 7.67. The van der Waals surface area contributed by atoms with Gasteiger partial charge in [0.2, 0.25) is 5.16 Å². The van der Waals surface area contributed by atoms with Crippen LogP contribution in [0, 0.1) is 13.8 Å². The summed E-state index contributed by atoms with van der Waals surface area (Å²) >= 11 is 3.15. The fraction of sp³-hybridized carbons (Fsp3) is 0.381. The van der Waals surface area contributed by atoms with E-state index in [0.717, 1.165) is 53.1 Å². The lowest BCUT2D eigenvalue weighted by Crippen LogP contribution is -2.36. The average Bonchev–Trinajstić information content (AvgIpc) is 3.38. The first-order chi connectivity index (χ1) is 15.6. The minimum absolute atomic E-state index is 0.620. The fourth-order valence-electron chi connectivity index (χ4n) is 3.64. The third-order valence-electron chi connectivity index (χ3n) is 5.45. The maximum absolute atomic E-state index is 5.51. The van der Waals surface area contributed by atoms with Gasteiger partial charge in [0.05, 0.1) is 26.9 Å². The van der Waals surface area contributed by atoms with E-state index in [4.69, 9.17) is 19.4 Å². The molecule has 0 radical (unpaired) electrons. The van der Waals surface area contributed by atoms with Crippen LogP contribution < -0.4 is 4.74 Å². The second-order valence-electron chi connectivity index (χ2n) is 7.44. The number of rotatable bonds is 6. The van der Waals surface area contributed by atoms with Crippen LogP contribution in [0.15, 0.2) is 34.4 Å². The molecule has 5 rings (SSSR count). The molecule has 0 bridgehead atoms. The van der Waals surface area contributed by atoms with Crippen LogP contribution >= 0.6 is 23.1 Å². The molecule has 1 aliphatic heterocycles. The minimum atomic E-state index is 0.620. The van der Waals surface area contributed by atoms with Gasteiger partial charge in [0.15, 0.2) is 0 Å². The molecule has 1 aliphatic rings. The first kappa shape index (κ1) is 21.3. The van der Waals surface area contributed by atoms with Gasteiger partial charge in [-0.25, -0.2) is 9.97 Å². The molecule has 32 heavy (non-hydrogen) atoms. The van der Waals surface area contributed by atoms with Crippen LogP contribution in [0.25, 0.3) is 15.9 Å². The molecular weight excluding hydrogens is 446 g/mol. The molecule has 9 nitrogen and oxygen atoms in total. The number of aromatic nitrogens is 6. The van der Waals surface area contributed by atoms with E-state index < -0.39 is 0 Å². The van der Waals surface area contributed by atoms with Gasteiger partial charge in [-0.05, 0) is 53.7 Å². The van der Waals surface area contributed by atoms with Crippen molar-refractivity contribution in [3.05, 3.63) is 40.5 Å². The highest BCUT2D eigenvalue weighted by Gasteiger charge is 2.21. The summed E-state index contributed by atoms with van der Waals surface area (Å²) in [5, 5.41) is 15.0. The predicted octanol–water partition coefficient (Wildman–Crippen LogP) is 3.28. The maximum Gasteiger partial charge on any atom is 0.220 e. The standard InChI is InChI=1S/C21H23N7O2S2/c1-13-14(2)31-19-18(13)20(23-17(22-19)12-27-8-10-30-11-9-27)32-21-24-25-26-28(21)15-6-4-5-7-16(15)29-3/h4-7H,8-12H2,1-3H3. The van der Waals surface area contributed by atoms with Gasteiger partial charge in [-0.15, -0.1) is 16.4 Å². The highest BCUT2D eigenvalue weighted by atomic mass is 32.2. The van der Waals surface area contributed by atoms with Crippen molar-refractivity contribution < 1.29 is 9.47 Å². The number of fused-ring (bicyclic) bond motifs is 1. The second kappa shape index (κ2) is 9.10. The molecule has 0 spiro atoms. The molecule has 1 saturated heterocycles. The number of para-hydroxylation sites is 2. The number of benzene rings is 1. The molecule has 3 aromatic heterocycles. The Labute approximate surface area is 193 Å². The summed E-state index contributed by atoms with van der Waals surface area (Å²) in [5.74, 6) is 1.50. The molecule has 0 aliphatic carbocycles. The van der Waals surface area contributed by atoms with E-state index in [9.17, 15) is 0 Å². The Morgan fingerprint density at radius 3 is 2.78 bits per heavy atom. The van der Waals surface area contributed by atoms with Gasteiger partial charge in [-0.1, -0.05) is 12.1 Å². The van der Waals surface area contributed by atoms with Crippen LogP contribution in [-0.2, 0) is 11.3 Å². The number of hydrogen-bond acceptors (Lipinski definition) is 10. The maximum atomic E-state index is 5.51. The van der Waals surface area contributed by atoms with Crippen LogP contribution in [0.4, 0.5) is 0 Å². The van der Waals surface area contributed by atoms with Crippen LogP contribution in [0.3, 0.4) is 0 Å². The smallest absolute Gasteiger partial charge is 0.220 e. The molecule has 0 amide bonds. The number of hydrogen-bond donors (Lipinski definition) is 0. The molecule has 1 aromatic carbocycles. The Hall–Kier alpha value is -2.60. The van der Waals surface area contributed by atoms with Crippen molar-refractivity contribution in [2.75, 3.05) is 33.4 Å². The van der Waals surface area contributed by atoms with E-state index in [-0.39, 0.29) is 0 Å². The quantitative estimate of drug-likeness (QED) is 0.395. The predicted molar refractivity (Wildman–Crippen MR) is 123 cm³/mol. The van der Waals surface area contributed by atoms with E-state index >= 15 is 0 Å². The molecule has 4 heterocycles. The number of morpholine rings is 1. The number of tetrazole rings is 1. The largest absolute Gasteiger partial charge is 0.494 e. The molecular formula is C21H23N7O2S2. The van der Waals surface area contributed by atoms with Crippen LogP contribution in [-0.4, -0.2) is 68.5 Å². The average molecular weight is 470 g/mol. The van der Waals surface area contributed by atoms with Gasteiger partial charge in [-0.3, -0.25) is 4.90 Å². The molecule has 0 N–H and O–H groups in total. The molecule has 0 saturated carbocycles. The third-order valence-corrected chi connectivity index (χ3v) is 7.48. The zero-order valence-corrected chi connectivity index (χ0v) is 19.7. The van der Waals surface area contributed by atoms with Crippen molar-refractivity contribution in [1.29, 1.82) is 0 Å². The van der Waals surface area contributed by atoms with Crippen LogP contribution in [0.2, 0.25) is 0 Å². The fourth-order valence-corrected chi connectivity index (χ4v) is 5.73. The van der Waals surface area contributed by atoms with Gasteiger partial charge < -0.3 is 9.47 Å². The van der Waals surface area contributed by atoms with Crippen molar-refractivity contribution >= 4 is 33.3 Å². The van der Waals surface area contributed by atoms with Crippen LogP contribution in [0.1, 0.15) is 16.3 Å². The third kappa shape index (κ3) is 4.08. The van der Waals surface area contributed by atoms with E-state index in [0.29, 0.717) is 17.5 Å². The number of thiophene rings is 1. The monoisotopic (exact) mass is 469 g/mol. The highest BCUT2D eigenvalue weighted by Crippen LogP contribution is 2.38. The lowest BCUT2D eigenvalue weighted by atomic mass is 10.2. The minimum Gasteiger partial charge on any atom is -0.494 e. The summed E-state index contributed by atoms with van der Waals surface area (Å²) in [5.41, 5.74) is 1.97. The summed E-state index contributed by atoms with van der Waals surface area (Å²) < 4.78 is 12.7. The molecule has 4 aromatic rings. The summed E-state index contributed by atoms with van der Waals surface area (Å²) in [7, 11) is 1.64. The topological polar surface area (TPSA) is 91.1 Å². The van der Waals surface area contributed by atoms with Gasteiger partial charge in [-0.2, -0.15) is 4.68 Å². The summed E-state index contributed by atoms with van der Waals surface area (Å²) in [4.78, 5) is 14.4. The zero-order chi connectivity index (χ0) is 22.1. The summed E-state index contributed by atoms with van der Waals surface area (Å²) in [6.45, 7) is 8.20. The van der Waals surface area contributed by atoms with Crippen LogP contribution in [0.5, 0.6) is 5.75 Å². The first-order valence-electron chi connectivity index (χ1n) is 10.3. The van der Waals surface area contributed by atoms with E-state index in [2.05, 4.69) is 34.3 Å². The Morgan fingerprint density at radius 1 is 1.16 bits per heavy atom. The molecule has 0 atom stereocenters. The molecule has 1 fully saturated rings. The number of aryl methyl sites for hydroxylation is 2. The van der Waals surface area contributed by atoms with Crippen molar-refractivity contribution in [3.8, 4) is 11.4 Å². The van der Waals surface area contributed by atoms with Crippen molar-refractivity contribution in [2.24, 2.45) is 0 Å². The second-order valence-corrected chi connectivity index (χ2v) is 9.60. The molecule has 0 unspecified atom stereocenters. The van der Waals surface area contributed by atoms with E-state index in [1.165, 1.54) is 22.2 Å². The Kier molecular flexibility index (Phi) is 6.05. The normalized spacial score (nSPS) is 14.8. The molecule has 166 valence electrons. The van der Waals surface area contributed by atoms with Gasteiger partial charge >= 0.3 is 0 Å². The molecule has 11 heteroatoms. The van der Waals surface area contributed by atoms with E-state index in [1.807, 2.05) is 24.3 Å². The first-order valence-corrected chi connectivity index (χ1v) is 11.9. The van der Waals surface area contributed by atoms with Crippen molar-refractivity contribution in [1.82, 2.24) is 35.1 Å². The van der Waals surface area contributed by atoms with E-state index in [1.54, 1.807) is 23.1 Å². The number of nitrogens with zero attached hydrogens (tertiary/aromatic N) is 7. The highest BCUT2D eigenvalue weighted by molar-refractivity contribution is 7.99. The van der Waals surface area contributed by atoms with Gasteiger partial charge in [0, 0.05) is 23.4 Å². The van der Waals surface area contributed by atoms with Crippen molar-refractivity contribution in [2.45, 2.75) is 30.6 Å². The lowest BCUT2D eigenvalue weighted by Gasteiger charge is -2.25. The SMILES string of the molecule is COc1ccccc1-n1nnnc1Sc1nc(CN2CCOCC2)nc2sc(C)c(C)c12.